The molecule has 0 aliphatic carbocycles. The number of rotatable bonds is 3. The molecule has 0 aromatic heterocycles. The largest absolute Gasteiger partial charge is 0.480 e. The van der Waals surface area contributed by atoms with Gasteiger partial charge >= 0.3 is 12.0 Å². The molecular formula is C16H22N2O3. The number of aliphatic carboxylic acids is 1. The highest BCUT2D eigenvalue weighted by Crippen LogP contribution is 2.23. The van der Waals surface area contributed by atoms with Gasteiger partial charge in [-0.3, -0.25) is 0 Å². The number of hydrogen-bond donors (Lipinski definition) is 2. The van der Waals surface area contributed by atoms with Crippen LogP contribution in [0.2, 0.25) is 0 Å². The van der Waals surface area contributed by atoms with Crippen molar-refractivity contribution in [3.05, 3.63) is 29.3 Å². The average Bonchev–Trinajstić information content (AvgIpc) is 2.49. The summed E-state index contributed by atoms with van der Waals surface area (Å²) in [7, 11) is 0. The molecule has 1 atom stereocenters. The van der Waals surface area contributed by atoms with Crippen molar-refractivity contribution in [2.24, 2.45) is 0 Å². The Balaban J connectivity index is 2.19. The number of piperidine rings is 1. The van der Waals surface area contributed by atoms with Crippen LogP contribution in [0.25, 0.3) is 0 Å². The second-order valence-electron chi connectivity index (χ2n) is 5.44. The number of carboxylic acid groups (broad SMARTS) is 1. The Kier molecular flexibility index (Phi) is 4.83. The van der Waals surface area contributed by atoms with Gasteiger partial charge in [-0.05, 0) is 43.7 Å². The van der Waals surface area contributed by atoms with Crippen molar-refractivity contribution in [2.45, 2.75) is 45.6 Å². The third kappa shape index (κ3) is 3.35. The standard InChI is InChI=1S/C16H22N2O3/c1-3-12-8-6-7-11(2)14(12)17-16(21)18-10-5-4-9-13(18)15(19)20/h6-8,13H,3-5,9-10H2,1-2H3,(H,17,21)(H,19,20). The maximum absolute atomic E-state index is 12.5. The Morgan fingerprint density at radius 3 is 2.81 bits per heavy atom. The molecule has 5 nitrogen and oxygen atoms in total. The second kappa shape index (κ2) is 6.61. The van der Waals surface area contributed by atoms with E-state index in [2.05, 4.69) is 5.32 Å². The maximum atomic E-state index is 12.5. The summed E-state index contributed by atoms with van der Waals surface area (Å²) in [6.45, 7) is 4.47. The molecule has 1 aromatic rings. The first-order valence-electron chi connectivity index (χ1n) is 7.43. The lowest BCUT2D eigenvalue weighted by Gasteiger charge is -2.33. The minimum Gasteiger partial charge on any atom is -0.480 e. The number of carboxylic acids is 1. The summed E-state index contributed by atoms with van der Waals surface area (Å²) in [4.78, 5) is 25.2. The fourth-order valence-corrected chi connectivity index (χ4v) is 2.81. The number of carbonyl (C=O) groups is 2. The first-order valence-corrected chi connectivity index (χ1v) is 7.43. The van der Waals surface area contributed by atoms with Crippen molar-refractivity contribution >= 4 is 17.7 Å². The monoisotopic (exact) mass is 290 g/mol. The Morgan fingerprint density at radius 1 is 1.38 bits per heavy atom. The molecule has 0 radical (unpaired) electrons. The van der Waals surface area contributed by atoms with Gasteiger partial charge in [-0.2, -0.15) is 0 Å². The summed E-state index contributed by atoms with van der Waals surface area (Å²) in [5.74, 6) is -0.926. The summed E-state index contributed by atoms with van der Waals surface area (Å²) < 4.78 is 0. The SMILES string of the molecule is CCc1cccc(C)c1NC(=O)N1CCCCC1C(=O)O. The zero-order valence-electron chi connectivity index (χ0n) is 12.6. The number of nitrogens with zero attached hydrogens (tertiary/aromatic N) is 1. The van der Waals surface area contributed by atoms with E-state index in [1.807, 2.05) is 32.0 Å². The van der Waals surface area contributed by atoms with Gasteiger partial charge in [0.1, 0.15) is 6.04 Å². The number of likely N-dealkylation sites (tertiary alicyclic amines) is 1. The van der Waals surface area contributed by atoms with E-state index in [-0.39, 0.29) is 6.03 Å². The summed E-state index contributed by atoms with van der Waals surface area (Å²) in [5, 5.41) is 12.2. The molecular weight excluding hydrogens is 268 g/mol. The van der Waals surface area contributed by atoms with Crippen LogP contribution in [0.4, 0.5) is 10.5 Å². The molecule has 0 spiro atoms. The highest BCUT2D eigenvalue weighted by Gasteiger charge is 2.32. The molecule has 1 heterocycles. The van der Waals surface area contributed by atoms with Crippen molar-refractivity contribution in [3.8, 4) is 0 Å². The number of amides is 2. The van der Waals surface area contributed by atoms with Crippen LogP contribution in [0.15, 0.2) is 18.2 Å². The minimum atomic E-state index is -0.926. The van der Waals surface area contributed by atoms with Gasteiger partial charge in [0.05, 0.1) is 0 Å². The van der Waals surface area contributed by atoms with Gasteiger partial charge in [-0.1, -0.05) is 25.1 Å². The molecule has 2 N–H and O–H groups in total. The lowest BCUT2D eigenvalue weighted by Crippen LogP contribution is -2.49. The lowest BCUT2D eigenvalue weighted by molar-refractivity contribution is -0.143. The molecule has 114 valence electrons. The average molecular weight is 290 g/mol. The topological polar surface area (TPSA) is 69.6 Å². The fourth-order valence-electron chi connectivity index (χ4n) is 2.81. The van der Waals surface area contributed by atoms with Crippen LogP contribution >= 0.6 is 0 Å². The molecule has 1 aliphatic heterocycles. The van der Waals surface area contributed by atoms with Gasteiger partial charge in [0.25, 0.3) is 0 Å². The van der Waals surface area contributed by atoms with Gasteiger partial charge < -0.3 is 15.3 Å². The van der Waals surface area contributed by atoms with Gasteiger partial charge in [0.2, 0.25) is 0 Å². The van der Waals surface area contributed by atoms with Crippen molar-refractivity contribution in [1.29, 1.82) is 0 Å². The van der Waals surface area contributed by atoms with Crippen LogP contribution in [0.3, 0.4) is 0 Å². The van der Waals surface area contributed by atoms with Gasteiger partial charge in [-0.15, -0.1) is 0 Å². The zero-order valence-corrected chi connectivity index (χ0v) is 12.6. The third-order valence-corrected chi connectivity index (χ3v) is 4.02. The molecule has 2 amide bonds. The second-order valence-corrected chi connectivity index (χ2v) is 5.44. The van der Waals surface area contributed by atoms with E-state index in [1.165, 1.54) is 4.90 Å². The van der Waals surface area contributed by atoms with Gasteiger partial charge in [0, 0.05) is 12.2 Å². The number of carbonyl (C=O) groups excluding carboxylic acids is 1. The smallest absolute Gasteiger partial charge is 0.326 e. The van der Waals surface area contributed by atoms with Crippen molar-refractivity contribution < 1.29 is 14.7 Å². The Morgan fingerprint density at radius 2 is 2.14 bits per heavy atom. The Hall–Kier alpha value is -2.04. The molecule has 0 saturated carbocycles. The van der Waals surface area contributed by atoms with Crippen molar-refractivity contribution in [2.75, 3.05) is 11.9 Å². The number of urea groups is 1. The normalized spacial score (nSPS) is 18.4. The molecule has 1 aromatic carbocycles. The zero-order chi connectivity index (χ0) is 15.4. The van der Waals surface area contributed by atoms with E-state index in [0.717, 1.165) is 36.1 Å². The van der Waals surface area contributed by atoms with E-state index in [1.54, 1.807) is 0 Å². The minimum absolute atomic E-state index is 0.314. The van der Waals surface area contributed by atoms with Gasteiger partial charge in [-0.25, -0.2) is 9.59 Å². The number of benzene rings is 1. The van der Waals surface area contributed by atoms with E-state index >= 15 is 0 Å². The highest BCUT2D eigenvalue weighted by molar-refractivity contribution is 5.93. The summed E-state index contributed by atoms with van der Waals surface area (Å²) in [6.07, 6.45) is 3.05. The van der Waals surface area contributed by atoms with E-state index in [0.29, 0.717) is 13.0 Å². The molecule has 1 unspecified atom stereocenters. The van der Waals surface area contributed by atoms with Crippen molar-refractivity contribution in [3.63, 3.8) is 0 Å². The summed E-state index contributed by atoms with van der Waals surface area (Å²) >= 11 is 0. The number of aryl methyl sites for hydroxylation is 2. The number of para-hydroxylation sites is 1. The molecule has 0 bridgehead atoms. The molecule has 2 rings (SSSR count). The quantitative estimate of drug-likeness (QED) is 0.899. The van der Waals surface area contributed by atoms with E-state index < -0.39 is 12.0 Å². The summed E-state index contributed by atoms with van der Waals surface area (Å²) in [6, 6.07) is 4.86. The third-order valence-electron chi connectivity index (χ3n) is 4.02. The number of nitrogens with one attached hydrogen (secondary N) is 1. The van der Waals surface area contributed by atoms with E-state index in [9.17, 15) is 14.7 Å². The molecule has 1 aliphatic rings. The molecule has 1 saturated heterocycles. The first-order chi connectivity index (χ1) is 10.0. The van der Waals surface area contributed by atoms with Crippen LogP contribution in [0, 0.1) is 6.92 Å². The molecule has 21 heavy (non-hydrogen) atoms. The summed E-state index contributed by atoms with van der Waals surface area (Å²) in [5.41, 5.74) is 2.86. The predicted molar refractivity (Wildman–Crippen MR) is 81.6 cm³/mol. The van der Waals surface area contributed by atoms with E-state index in [4.69, 9.17) is 0 Å². The highest BCUT2D eigenvalue weighted by atomic mass is 16.4. The first kappa shape index (κ1) is 15.4. The fraction of sp³-hybridized carbons (Fsp3) is 0.500. The van der Waals surface area contributed by atoms with Crippen LogP contribution in [-0.2, 0) is 11.2 Å². The number of anilines is 1. The Labute approximate surface area is 125 Å². The van der Waals surface area contributed by atoms with Crippen LogP contribution in [0.5, 0.6) is 0 Å². The molecule has 1 fully saturated rings. The predicted octanol–water partition coefficient (Wildman–Crippen LogP) is 3.03. The number of hydrogen-bond acceptors (Lipinski definition) is 2. The van der Waals surface area contributed by atoms with Crippen molar-refractivity contribution in [1.82, 2.24) is 4.90 Å². The Bertz CT molecular complexity index is 542. The maximum Gasteiger partial charge on any atom is 0.326 e. The van der Waals surface area contributed by atoms with Crippen LogP contribution in [0.1, 0.15) is 37.3 Å². The van der Waals surface area contributed by atoms with Crippen LogP contribution < -0.4 is 5.32 Å². The van der Waals surface area contributed by atoms with Crippen LogP contribution in [-0.4, -0.2) is 34.6 Å². The lowest BCUT2D eigenvalue weighted by atomic mass is 10.0. The van der Waals surface area contributed by atoms with Gasteiger partial charge in [0.15, 0.2) is 0 Å². The molecule has 5 heteroatoms.